The van der Waals surface area contributed by atoms with E-state index < -0.39 is 272 Å². The lowest BCUT2D eigenvalue weighted by Crippen LogP contribution is -2.40. The molecule has 0 fully saturated rings. The highest BCUT2D eigenvalue weighted by Gasteiger charge is 2.42. The Balaban J connectivity index is 1.51. The van der Waals surface area contributed by atoms with E-state index in [4.69, 9.17) is 45.7 Å². The summed E-state index contributed by atoms with van der Waals surface area (Å²) >= 11 is 0. The average Bonchev–Trinajstić information content (AvgIpc) is 3.54. The van der Waals surface area contributed by atoms with Crippen molar-refractivity contribution < 1.29 is 128 Å². The Morgan fingerprint density at radius 1 is 0.325 bits per heavy atom. The van der Waals surface area contributed by atoms with Crippen LogP contribution in [0.2, 0.25) is 0 Å². The largest absolute Gasteiger partial charge is 0.508 e. The van der Waals surface area contributed by atoms with E-state index in [0.29, 0.717) is 0 Å². The number of allylic oxidation sites excluding steroid dienone is 2. The Kier molecular flexibility index (Phi) is 12.6. The molecule has 7 aromatic carbocycles. The molecule has 30 heteroatoms. The molecule has 2 aliphatic carbocycles. The zero-order valence-electron chi connectivity index (χ0n) is 41.6. The Hall–Kier alpha value is -11.4. The highest BCUT2D eigenvalue weighted by atomic mass is 16.4. The molecule has 7 aromatic rings. The van der Waals surface area contributed by atoms with Crippen LogP contribution in [0.3, 0.4) is 0 Å². The van der Waals surface area contributed by atoms with Crippen LogP contribution in [0.4, 0.5) is 0 Å². The lowest BCUT2D eigenvalue weighted by molar-refractivity contribution is 0.291. The predicted molar refractivity (Wildman–Crippen MR) is 292 cm³/mol. The second-order valence-corrected chi connectivity index (χ2v) is 18.7. The van der Waals surface area contributed by atoms with Gasteiger partial charge in [0.05, 0.1) is 16.7 Å². The van der Waals surface area contributed by atoms with Gasteiger partial charge < -0.3 is 128 Å². The van der Waals surface area contributed by atoms with E-state index >= 15 is 0 Å². The highest BCUT2D eigenvalue weighted by Crippen LogP contribution is 2.67. The molecule has 25 nitrogen and oxygen atoms in total. The van der Waals surface area contributed by atoms with Gasteiger partial charge in [-0.2, -0.15) is 0 Å². The second kappa shape index (κ2) is 18.6. The van der Waals surface area contributed by atoms with Gasteiger partial charge in [0, 0.05) is 84.5 Å². The van der Waals surface area contributed by atoms with Crippen LogP contribution in [0, 0.1) is 19.3 Å². The van der Waals surface area contributed by atoms with Crippen molar-refractivity contribution in [2.45, 2.75) is 19.8 Å². The number of benzene rings is 7. The number of aromatic hydroxyl groups is 22. The van der Waals surface area contributed by atoms with E-state index in [0.717, 1.165) is 6.92 Å². The number of hydrogen-bond donors (Lipinski definition) is 25. The van der Waals surface area contributed by atoms with E-state index in [1.54, 1.807) is 5.92 Å². The average molecular weight is 1120 g/mol. The first-order chi connectivity index (χ1) is 38.6. The van der Waals surface area contributed by atoms with Gasteiger partial charge in [0.2, 0.25) is 40.3 Å². The quantitative estimate of drug-likeness (QED) is 0.0300. The van der Waals surface area contributed by atoms with E-state index in [1.807, 2.05) is 0 Å². The van der Waals surface area contributed by atoms with E-state index in [-0.39, 0.29) is 11.1 Å². The second-order valence-electron chi connectivity index (χ2n) is 18.7. The smallest absolute Gasteiger partial charge is 0.213 e. The number of aliphatic hydroxyl groups excluding tert-OH is 3. The fourth-order valence-corrected chi connectivity index (χ4v) is 10.5. The fraction of sp³-hybridized carbons (Fsp3) is 0.0566. The van der Waals surface area contributed by atoms with Gasteiger partial charge in [-0.15, -0.1) is 11.9 Å². The van der Waals surface area contributed by atoms with Crippen LogP contribution < -0.4 is 37.8 Å². The van der Waals surface area contributed by atoms with E-state index in [2.05, 4.69) is 0 Å². The maximum absolute atomic E-state index is 12.3. The van der Waals surface area contributed by atoms with E-state index in [1.165, 1.54) is 0 Å². The van der Waals surface area contributed by atoms with Crippen molar-refractivity contribution in [3.8, 4) is 183 Å². The first-order valence-electron chi connectivity index (χ1n) is 23.0. The molecule has 0 aromatic heterocycles. The molecule has 0 amide bonds. The normalized spacial score (nSPS) is 13.5. The SMILES string of the molecule is [B]c1c([B])c(O)c2c(c1[B])-c1c(O)c(-c3c(O)c(O)c(O)c(O)c3-c3c(O)c(O)c(C4=c5c(C)c(O)c(O)c(O)c5=C(c5c(O)c(O)c(O)c(O)c5-c5c([B])c([B])c(O)c(O)c5O)C/C4=C(O)\C(O)=C(\O)C#C)c(O)c3O)c(O)c(O)c1C2. The highest BCUT2D eigenvalue weighted by molar-refractivity contribution is 6.60. The molecule has 10 radical (unpaired) electrons. The topological polar surface area (TPSA) is 506 Å². The van der Waals surface area contributed by atoms with Crippen LogP contribution in [0.25, 0.3) is 55.7 Å². The maximum Gasteiger partial charge on any atom is 0.213 e. The molecule has 410 valence electrons. The zero-order chi connectivity index (χ0) is 61.8. The van der Waals surface area contributed by atoms with Crippen molar-refractivity contribution in [2.24, 2.45) is 0 Å². The molecule has 0 spiro atoms. The lowest BCUT2D eigenvalue weighted by atomic mass is 9.68. The predicted octanol–water partition coefficient (Wildman–Crippen LogP) is -1.37. The minimum absolute atomic E-state index is 0.201. The molecular weight excluding hydrogens is 1090 g/mol. The summed E-state index contributed by atoms with van der Waals surface area (Å²) in [5, 5.41) is 284. The van der Waals surface area contributed by atoms with Crippen molar-refractivity contribution >= 4 is 77.7 Å². The molecular formula is C53H33B5O25. The van der Waals surface area contributed by atoms with Gasteiger partial charge in [-0.1, -0.05) is 21.9 Å². The number of terminal acetylenes is 1. The third kappa shape index (κ3) is 7.23. The Labute approximate surface area is 468 Å². The number of aliphatic hydroxyl groups is 3. The van der Waals surface area contributed by atoms with Gasteiger partial charge in [0.1, 0.15) is 50.7 Å². The summed E-state index contributed by atoms with van der Waals surface area (Å²) in [5.41, 5.74) is -19.7. The molecule has 0 saturated heterocycles. The monoisotopic (exact) mass is 1120 g/mol. The molecule has 0 saturated carbocycles. The molecule has 2 aliphatic rings. The summed E-state index contributed by atoms with van der Waals surface area (Å²) < 4.78 is 0. The van der Waals surface area contributed by atoms with Crippen LogP contribution in [0.1, 0.15) is 34.2 Å². The maximum atomic E-state index is 12.3. The number of rotatable bonds is 6. The third-order valence-electron chi connectivity index (χ3n) is 14.6. The number of phenolic OH excluding ortho intramolecular Hbond substituents is 22. The Bertz CT molecular complexity index is 4460. The molecule has 9 rings (SSSR count). The van der Waals surface area contributed by atoms with Crippen LogP contribution >= 0.6 is 0 Å². The molecule has 0 heterocycles. The van der Waals surface area contributed by atoms with Gasteiger partial charge in [-0.3, -0.25) is 0 Å². The van der Waals surface area contributed by atoms with Gasteiger partial charge in [0.15, 0.2) is 92.0 Å². The minimum atomic E-state index is -1.87. The summed E-state index contributed by atoms with van der Waals surface area (Å²) in [5.74, 6) is -37.5. The molecule has 0 aliphatic heterocycles. The summed E-state index contributed by atoms with van der Waals surface area (Å²) in [6, 6.07) is 0. The third-order valence-corrected chi connectivity index (χ3v) is 14.6. The summed E-state index contributed by atoms with van der Waals surface area (Å²) in [6.07, 6.45) is 3.27. The van der Waals surface area contributed by atoms with Crippen molar-refractivity contribution in [3.63, 3.8) is 0 Å². The zero-order valence-corrected chi connectivity index (χ0v) is 41.6. The standard InChI is InChI=1S/C53H33B5O25/c1-3-11(59)34(64)32(62)8-4-7(16-18(38(68)51(81)50(80)37(16)67)21-26(55)28(57)47(77)49(79)41(21)71)15-12(6(2)30(60)48(78)36(15)66)13(8)22-43(73)45(75)24(46(76)44(22)74)20-19(39(69)52(82)53(83)40(20)70)23-35(65)17-10(33(63)42(23)72)5-9-14(17)25(54)27(56)29(58)31(9)61/h1,59-83H,4-5H2,2H3/b32-8-,34-11-. The molecule has 0 atom stereocenters. The summed E-state index contributed by atoms with van der Waals surface area (Å²) in [4.78, 5) is 0. The number of hydrogen-bond acceptors (Lipinski definition) is 25. The molecule has 83 heavy (non-hydrogen) atoms. The molecule has 0 bridgehead atoms. The van der Waals surface area contributed by atoms with Gasteiger partial charge in [-0.25, -0.2) is 0 Å². The minimum Gasteiger partial charge on any atom is -0.508 e. The van der Waals surface area contributed by atoms with Gasteiger partial charge >= 0.3 is 0 Å². The number of fused-ring (bicyclic) bond motifs is 4. The number of phenols is 22. The van der Waals surface area contributed by atoms with Gasteiger partial charge in [-0.05, 0) is 24.0 Å². The van der Waals surface area contributed by atoms with E-state index in [9.17, 15) is 128 Å². The first kappa shape index (κ1) is 56.4. The summed E-state index contributed by atoms with van der Waals surface area (Å²) in [6.45, 7) is 0.866. The summed E-state index contributed by atoms with van der Waals surface area (Å²) in [7, 11) is 30.2. The van der Waals surface area contributed by atoms with Gasteiger partial charge in [0.25, 0.3) is 0 Å². The lowest BCUT2D eigenvalue weighted by Gasteiger charge is -2.28. The van der Waals surface area contributed by atoms with Crippen LogP contribution in [-0.4, -0.2) is 167 Å². The van der Waals surface area contributed by atoms with Crippen LogP contribution in [-0.2, 0) is 6.42 Å². The van der Waals surface area contributed by atoms with Crippen molar-refractivity contribution in [3.05, 3.63) is 61.1 Å². The fourth-order valence-electron chi connectivity index (χ4n) is 10.5. The Morgan fingerprint density at radius 2 is 0.699 bits per heavy atom. The van der Waals surface area contributed by atoms with Crippen molar-refractivity contribution in [1.82, 2.24) is 0 Å². The Morgan fingerprint density at radius 3 is 1.20 bits per heavy atom. The first-order valence-corrected chi connectivity index (χ1v) is 23.0. The molecule has 0 unspecified atom stereocenters. The van der Waals surface area contributed by atoms with Crippen molar-refractivity contribution in [2.75, 3.05) is 0 Å². The molecule has 25 N–H and O–H groups in total. The van der Waals surface area contributed by atoms with Crippen LogP contribution in [0.15, 0.2) is 22.9 Å². The van der Waals surface area contributed by atoms with Crippen LogP contribution in [0.5, 0.6) is 126 Å². The van der Waals surface area contributed by atoms with Crippen molar-refractivity contribution in [1.29, 1.82) is 0 Å².